The third kappa shape index (κ3) is 7.08. The number of hydrogen-bond donors (Lipinski definition) is 0. The van der Waals surface area contributed by atoms with Crippen molar-refractivity contribution < 1.29 is 14.6 Å². The zero-order valence-electron chi connectivity index (χ0n) is 14.1. The molecule has 22 heavy (non-hydrogen) atoms. The molecule has 0 amide bonds. The van der Waals surface area contributed by atoms with Crippen molar-refractivity contribution in [3.8, 4) is 0 Å². The Morgan fingerprint density at radius 3 is 2.36 bits per heavy atom. The zero-order valence-corrected chi connectivity index (χ0v) is 14.1. The van der Waals surface area contributed by atoms with Crippen molar-refractivity contribution in [3.63, 3.8) is 0 Å². The fraction of sp³-hybridized carbons (Fsp3) is 0.579. The highest BCUT2D eigenvalue weighted by Gasteiger charge is 2.12. The summed E-state index contributed by atoms with van der Waals surface area (Å²) in [6.45, 7) is 8.08. The summed E-state index contributed by atoms with van der Waals surface area (Å²) in [7, 11) is 0. The van der Waals surface area contributed by atoms with Crippen molar-refractivity contribution in [3.05, 3.63) is 42.0 Å². The summed E-state index contributed by atoms with van der Waals surface area (Å²) < 4.78 is 0. The molecule has 0 saturated carbocycles. The van der Waals surface area contributed by atoms with Gasteiger partial charge >= 0.3 is 5.97 Å². The molecule has 123 valence electrons. The van der Waals surface area contributed by atoms with Gasteiger partial charge in [-0.3, -0.25) is 4.89 Å². The van der Waals surface area contributed by atoms with E-state index < -0.39 is 5.97 Å². The van der Waals surface area contributed by atoms with Gasteiger partial charge in [0.25, 0.3) is 0 Å². The predicted octanol–water partition coefficient (Wildman–Crippen LogP) is 5.50. The molecular weight excluding hydrogens is 276 g/mol. The van der Waals surface area contributed by atoms with E-state index in [1.54, 1.807) is 18.7 Å². The molecule has 0 aromatic heterocycles. The molecule has 0 aliphatic rings. The molecule has 1 aromatic carbocycles. The fourth-order valence-corrected chi connectivity index (χ4v) is 2.22. The van der Waals surface area contributed by atoms with Gasteiger partial charge in [0.05, 0.1) is 5.56 Å². The maximum absolute atomic E-state index is 11.9. The van der Waals surface area contributed by atoms with E-state index in [1.807, 2.05) is 12.1 Å². The number of hydrogen-bond acceptors (Lipinski definition) is 3. The molecule has 1 radical (unpaired) electrons. The lowest BCUT2D eigenvalue weighted by atomic mass is 10.0. The van der Waals surface area contributed by atoms with Crippen molar-refractivity contribution in [2.75, 3.05) is 0 Å². The molecule has 0 saturated heterocycles. The molecule has 1 rings (SSSR count). The standard InChI is InChI=1S/C19H29O3/c1-4-7-9-16(6-3)15-21-22-19(20)18-13-11-17(12-14-18)10-8-5-2/h11-16H,4-10H2,1-3H3. The van der Waals surface area contributed by atoms with Gasteiger partial charge in [0.2, 0.25) is 0 Å². The van der Waals surface area contributed by atoms with Crippen molar-refractivity contribution >= 4 is 5.97 Å². The summed E-state index contributed by atoms with van der Waals surface area (Å²) in [5.41, 5.74) is 1.77. The van der Waals surface area contributed by atoms with E-state index >= 15 is 0 Å². The van der Waals surface area contributed by atoms with Crippen molar-refractivity contribution in [1.29, 1.82) is 0 Å². The van der Waals surface area contributed by atoms with Crippen LogP contribution in [0.2, 0.25) is 0 Å². The molecule has 0 bridgehead atoms. The van der Waals surface area contributed by atoms with Crippen molar-refractivity contribution in [1.82, 2.24) is 0 Å². The second-order valence-electron chi connectivity index (χ2n) is 5.71. The van der Waals surface area contributed by atoms with Gasteiger partial charge in [0.15, 0.2) is 0 Å². The van der Waals surface area contributed by atoms with Gasteiger partial charge in [-0.15, -0.1) is 0 Å². The van der Waals surface area contributed by atoms with Gasteiger partial charge in [-0.05, 0) is 42.9 Å². The SMILES string of the molecule is CCCCc1ccc(C(=O)OO[CH]C(CC)CCCC)cc1. The smallest absolute Gasteiger partial charge is 0.292 e. The lowest BCUT2D eigenvalue weighted by Gasteiger charge is -2.12. The maximum Gasteiger partial charge on any atom is 0.373 e. The van der Waals surface area contributed by atoms with Gasteiger partial charge in [-0.1, -0.05) is 58.6 Å². The van der Waals surface area contributed by atoms with Crippen LogP contribution < -0.4 is 0 Å². The molecular formula is C19H29O3. The van der Waals surface area contributed by atoms with Crippen LogP contribution in [-0.4, -0.2) is 5.97 Å². The topological polar surface area (TPSA) is 35.5 Å². The van der Waals surface area contributed by atoms with Crippen LogP contribution in [-0.2, 0) is 16.2 Å². The van der Waals surface area contributed by atoms with Gasteiger partial charge in [-0.25, -0.2) is 4.79 Å². The molecule has 0 N–H and O–H groups in total. The molecule has 0 spiro atoms. The lowest BCUT2D eigenvalue weighted by molar-refractivity contribution is -0.219. The molecule has 0 aliphatic carbocycles. The fourth-order valence-electron chi connectivity index (χ4n) is 2.22. The average molecular weight is 305 g/mol. The third-order valence-electron chi connectivity index (χ3n) is 3.83. The Hall–Kier alpha value is -1.35. The van der Waals surface area contributed by atoms with E-state index in [0.29, 0.717) is 11.5 Å². The highest BCUT2D eigenvalue weighted by molar-refractivity contribution is 5.88. The molecule has 0 heterocycles. The normalized spacial score (nSPS) is 12.1. The first-order valence-corrected chi connectivity index (χ1v) is 8.51. The van der Waals surface area contributed by atoms with Crippen LogP contribution in [0.25, 0.3) is 0 Å². The van der Waals surface area contributed by atoms with Crippen LogP contribution in [0.4, 0.5) is 0 Å². The van der Waals surface area contributed by atoms with Crippen molar-refractivity contribution in [2.24, 2.45) is 5.92 Å². The summed E-state index contributed by atoms with van der Waals surface area (Å²) in [6.07, 6.45) is 7.76. The van der Waals surface area contributed by atoms with Gasteiger partial charge in [-0.2, -0.15) is 4.89 Å². The van der Waals surface area contributed by atoms with Gasteiger partial charge < -0.3 is 0 Å². The van der Waals surface area contributed by atoms with Crippen LogP contribution >= 0.6 is 0 Å². The zero-order chi connectivity index (χ0) is 16.2. The van der Waals surface area contributed by atoms with E-state index in [-0.39, 0.29) is 0 Å². The second kappa shape index (κ2) is 11.2. The number of unbranched alkanes of at least 4 members (excludes halogenated alkanes) is 2. The molecule has 3 heteroatoms. The Morgan fingerprint density at radius 2 is 1.77 bits per heavy atom. The number of benzene rings is 1. The number of rotatable bonds is 11. The minimum atomic E-state index is -0.441. The molecule has 0 fully saturated rings. The van der Waals surface area contributed by atoms with Crippen LogP contribution in [0.15, 0.2) is 24.3 Å². The Bertz CT molecular complexity index is 411. The minimum Gasteiger partial charge on any atom is -0.292 e. The lowest BCUT2D eigenvalue weighted by Crippen LogP contribution is -2.09. The van der Waals surface area contributed by atoms with E-state index in [2.05, 4.69) is 20.8 Å². The summed E-state index contributed by atoms with van der Waals surface area (Å²) in [5, 5.41) is 0. The van der Waals surface area contributed by atoms with Crippen LogP contribution in [0.1, 0.15) is 75.2 Å². The molecule has 1 atom stereocenters. The predicted molar refractivity (Wildman–Crippen MR) is 89.2 cm³/mol. The van der Waals surface area contributed by atoms with Gasteiger partial charge in [0.1, 0.15) is 6.61 Å². The molecule has 1 aromatic rings. The Morgan fingerprint density at radius 1 is 1.09 bits per heavy atom. The van der Waals surface area contributed by atoms with Crippen molar-refractivity contribution in [2.45, 2.75) is 65.7 Å². The van der Waals surface area contributed by atoms with Crippen LogP contribution in [0.5, 0.6) is 0 Å². The molecule has 1 unspecified atom stereocenters. The first-order valence-electron chi connectivity index (χ1n) is 8.51. The van der Waals surface area contributed by atoms with E-state index in [1.165, 1.54) is 12.0 Å². The number of carbonyl (C=O) groups excluding carboxylic acids is 1. The van der Waals surface area contributed by atoms with Crippen LogP contribution in [0, 0.1) is 12.5 Å². The summed E-state index contributed by atoms with van der Waals surface area (Å²) >= 11 is 0. The third-order valence-corrected chi connectivity index (χ3v) is 3.83. The van der Waals surface area contributed by atoms with Crippen LogP contribution in [0.3, 0.4) is 0 Å². The molecule has 0 aliphatic heterocycles. The summed E-state index contributed by atoms with van der Waals surface area (Å²) in [5.74, 6) is -0.104. The molecule has 3 nitrogen and oxygen atoms in total. The van der Waals surface area contributed by atoms with Gasteiger partial charge in [0, 0.05) is 0 Å². The Kier molecular flexibility index (Phi) is 9.56. The maximum atomic E-state index is 11.9. The monoisotopic (exact) mass is 305 g/mol. The summed E-state index contributed by atoms with van der Waals surface area (Å²) in [6, 6.07) is 7.55. The first kappa shape index (κ1) is 18.7. The highest BCUT2D eigenvalue weighted by Crippen LogP contribution is 2.17. The highest BCUT2D eigenvalue weighted by atomic mass is 17.2. The second-order valence-corrected chi connectivity index (χ2v) is 5.71. The Balaban J connectivity index is 2.35. The number of aryl methyl sites for hydroxylation is 1. The summed E-state index contributed by atoms with van der Waals surface area (Å²) in [4.78, 5) is 21.8. The first-order chi connectivity index (χ1) is 10.7. The van der Waals surface area contributed by atoms with E-state index in [4.69, 9.17) is 9.78 Å². The average Bonchev–Trinajstić information content (AvgIpc) is 2.56. The minimum absolute atomic E-state index is 0.337. The number of carbonyl (C=O) groups is 1. The quantitative estimate of drug-likeness (QED) is 0.400. The largest absolute Gasteiger partial charge is 0.373 e. The van der Waals surface area contributed by atoms with E-state index in [0.717, 1.165) is 38.5 Å². The van der Waals surface area contributed by atoms with E-state index in [9.17, 15) is 4.79 Å². The Labute approximate surface area is 134 Å².